The van der Waals surface area contributed by atoms with E-state index in [9.17, 15) is 5.11 Å². The summed E-state index contributed by atoms with van der Waals surface area (Å²) >= 11 is 6.73. The number of thioether (sulfide) groups is 1. The second kappa shape index (κ2) is 2.53. The summed E-state index contributed by atoms with van der Waals surface area (Å²) in [6, 6.07) is 3.42. The topological polar surface area (TPSA) is 25.2 Å². The molecule has 2 heterocycles. The van der Waals surface area contributed by atoms with Crippen LogP contribution in [0.1, 0.15) is 0 Å². The van der Waals surface area contributed by atoms with Gasteiger partial charge in [-0.05, 0) is 12.1 Å². The predicted octanol–water partition coefficient (Wildman–Crippen LogP) is 2.03. The third-order valence-corrected chi connectivity index (χ3v) is 3.11. The highest BCUT2D eigenvalue weighted by Gasteiger charge is 2.13. The summed E-state index contributed by atoms with van der Waals surface area (Å²) in [4.78, 5) is 0. The number of hydrogen-bond donors (Lipinski definition) is 1. The van der Waals surface area contributed by atoms with Crippen LogP contribution in [-0.4, -0.2) is 15.4 Å². The van der Waals surface area contributed by atoms with Crippen molar-refractivity contribution in [1.29, 1.82) is 0 Å². The lowest BCUT2D eigenvalue weighted by Gasteiger charge is -2.03. The predicted molar refractivity (Wildman–Crippen MR) is 47.7 cm³/mol. The summed E-state index contributed by atoms with van der Waals surface area (Å²) in [5.74, 6) is 1.36. The normalized spacial score (nSPS) is 14.9. The van der Waals surface area contributed by atoms with E-state index in [2.05, 4.69) is 0 Å². The van der Waals surface area contributed by atoms with E-state index in [1.54, 1.807) is 23.9 Å². The van der Waals surface area contributed by atoms with Crippen molar-refractivity contribution in [3.05, 3.63) is 16.8 Å². The van der Waals surface area contributed by atoms with E-state index in [4.69, 9.17) is 12.2 Å². The first-order valence-electron chi connectivity index (χ1n) is 3.34. The molecule has 0 spiro atoms. The number of aromatic nitrogens is 1. The molecule has 0 unspecified atom stereocenters. The van der Waals surface area contributed by atoms with E-state index in [1.165, 1.54) is 0 Å². The van der Waals surface area contributed by atoms with Crippen molar-refractivity contribution in [2.75, 3.05) is 5.75 Å². The molecule has 0 radical (unpaired) electrons. The van der Waals surface area contributed by atoms with Crippen molar-refractivity contribution in [3.63, 3.8) is 0 Å². The zero-order valence-electron chi connectivity index (χ0n) is 5.78. The molecule has 1 aromatic rings. The van der Waals surface area contributed by atoms with Crippen LogP contribution < -0.4 is 0 Å². The van der Waals surface area contributed by atoms with Crippen LogP contribution >= 0.6 is 24.0 Å². The molecule has 4 heteroatoms. The second-order valence-corrected chi connectivity index (χ2v) is 3.86. The zero-order chi connectivity index (χ0) is 7.84. The molecule has 58 valence electrons. The Balaban J connectivity index is 2.74. The monoisotopic (exact) mass is 185 g/mol. The van der Waals surface area contributed by atoms with Gasteiger partial charge in [-0.2, -0.15) is 0 Å². The molecule has 1 aromatic heterocycles. The Hall–Kier alpha value is -0.480. The van der Waals surface area contributed by atoms with Gasteiger partial charge in [0.05, 0.1) is 0 Å². The maximum Gasteiger partial charge on any atom is 0.145 e. The number of hydrogen-bond acceptors (Lipinski definition) is 3. The van der Waals surface area contributed by atoms with E-state index in [0.29, 0.717) is 5.75 Å². The van der Waals surface area contributed by atoms with Crippen LogP contribution in [0.2, 0.25) is 0 Å². The molecule has 0 saturated carbocycles. The Kier molecular flexibility index (Phi) is 1.65. The molecule has 0 saturated heterocycles. The molecule has 1 aliphatic rings. The Morgan fingerprint density at radius 2 is 2.36 bits per heavy atom. The number of pyridine rings is 1. The van der Waals surface area contributed by atoms with Gasteiger partial charge in [-0.1, -0.05) is 12.2 Å². The standard InChI is InChI=1S/C7H7NOS2/c9-5-1-2-6(10)8-3-4-11-7(5)8/h1-2,9H,3-4H2. The number of nitrogens with zero attached hydrogens (tertiary/aromatic N) is 1. The van der Waals surface area contributed by atoms with Crippen LogP contribution in [0.3, 0.4) is 0 Å². The van der Waals surface area contributed by atoms with Crippen LogP contribution in [-0.2, 0) is 6.54 Å². The van der Waals surface area contributed by atoms with Gasteiger partial charge in [0.15, 0.2) is 0 Å². The van der Waals surface area contributed by atoms with E-state index in [1.807, 2.05) is 4.57 Å². The average molecular weight is 185 g/mol. The average Bonchev–Trinajstić information content (AvgIpc) is 2.45. The fourth-order valence-electron chi connectivity index (χ4n) is 1.15. The Bertz CT molecular complexity index is 345. The Morgan fingerprint density at radius 1 is 1.55 bits per heavy atom. The smallest absolute Gasteiger partial charge is 0.145 e. The molecule has 0 bridgehead atoms. The quantitative estimate of drug-likeness (QED) is 0.626. The fraction of sp³-hybridized carbons (Fsp3) is 0.286. The van der Waals surface area contributed by atoms with Gasteiger partial charge in [0.1, 0.15) is 15.4 Å². The summed E-state index contributed by atoms with van der Waals surface area (Å²) in [7, 11) is 0. The molecule has 0 aromatic carbocycles. The van der Waals surface area contributed by atoms with Crippen molar-refractivity contribution >= 4 is 24.0 Å². The molecule has 2 rings (SSSR count). The number of rotatable bonds is 0. The van der Waals surface area contributed by atoms with Gasteiger partial charge < -0.3 is 9.67 Å². The third kappa shape index (κ3) is 1.06. The van der Waals surface area contributed by atoms with Crippen molar-refractivity contribution < 1.29 is 5.11 Å². The van der Waals surface area contributed by atoms with E-state index in [-0.39, 0.29) is 0 Å². The van der Waals surface area contributed by atoms with Crippen LogP contribution in [0.15, 0.2) is 17.2 Å². The van der Waals surface area contributed by atoms with Gasteiger partial charge in [-0.3, -0.25) is 0 Å². The third-order valence-electron chi connectivity index (χ3n) is 1.67. The van der Waals surface area contributed by atoms with E-state index in [0.717, 1.165) is 22.0 Å². The van der Waals surface area contributed by atoms with Crippen LogP contribution in [0.5, 0.6) is 5.75 Å². The molecule has 11 heavy (non-hydrogen) atoms. The number of fused-ring (bicyclic) bond motifs is 1. The van der Waals surface area contributed by atoms with Gasteiger partial charge in [0.2, 0.25) is 0 Å². The molecule has 1 N–H and O–H groups in total. The SMILES string of the molecule is Oc1ccc(=S)n2c1SCC2. The van der Waals surface area contributed by atoms with Gasteiger partial charge in [-0.25, -0.2) is 0 Å². The maximum atomic E-state index is 9.37. The molecule has 0 amide bonds. The molecule has 0 fully saturated rings. The summed E-state index contributed by atoms with van der Waals surface area (Å²) in [5.41, 5.74) is 0. The summed E-state index contributed by atoms with van der Waals surface area (Å²) < 4.78 is 2.78. The molecule has 1 aliphatic heterocycles. The lowest BCUT2D eigenvalue weighted by molar-refractivity contribution is 0.446. The van der Waals surface area contributed by atoms with E-state index < -0.39 is 0 Å². The first-order valence-corrected chi connectivity index (χ1v) is 4.74. The molecule has 0 aliphatic carbocycles. The fourth-order valence-corrected chi connectivity index (χ4v) is 2.48. The van der Waals surface area contributed by atoms with Crippen molar-refractivity contribution in [2.24, 2.45) is 0 Å². The highest BCUT2D eigenvalue weighted by Crippen LogP contribution is 2.33. The lowest BCUT2D eigenvalue weighted by atomic mass is 10.4. The number of aromatic hydroxyl groups is 1. The first-order chi connectivity index (χ1) is 5.29. The molecular weight excluding hydrogens is 178 g/mol. The van der Waals surface area contributed by atoms with Crippen molar-refractivity contribution in [1.82, 2.24) is 4.57 Å². The second-order valence-electron chi connectivity index (χ2n) is 2.36. The maximum absolute atomic E-state index is 9.37. The van der Waals surface area contributed by atoms with Gasteiger partial charge in [0, 0.05) is 12.3 Å². The van der Waals surface area contributed by atoms with Crippen LogP contribution in [0, 0.1) is 4.64 Å². The van der Waals surface area contributed by atoms with Gasteiger partial charge in [-0.15, -0.1) is 11.8 Å². The van der Waals surface area contributed by atoms with Crippen molar-refractivity contribution in [2.45, 2.75) is 11.6 Å². The van der Waals surface area contributed by atoms with Crippen LogP contribution in [0.4, 0.5) is 0 Å². The minimum atomic E-state index is 0.348. The van der Waals surface area contributed by atoms with Crippen LogP contribution in [0.25, 0.3) is 0 Å². The molecule has 2 nitrogen and oxygen atoms in total. The summed E-state index contributed by atoms with van der Waals surface area (Å²) in [6.07, 6.45) is 0. The first kappa shape index (κ1) is 7.18. The Labute approximate surface area is 73.9 Å². The van der Waals surface area contributed by atoms with Gasteiger partial charge in [0.25, 0.3) is 0 Å². The Morgan fingerprint density at radius 3 is 3.09 bits per heavy atom. The largest absolute Gasteiger partial charge is 0.505 e. The highest BCUT2D eigenvalue weighted by molar-refractivity contribution is 7.99. The van der Waals surface area contributed by atoms with Crippen molar-refractivity contribution in [3.8, 4) is 5.75 Å². The zero-order valence-corrected chi connectivity index (χ0v) is 7.41. The highest BCUT2D eigenvalue weighted by atomic mass is 32.2. The molecule has 0 atom stereocenters. The molecular formula is C7H7NOS2. The summed E-state index contributed by atoms with van der Waals surface area (Å²) in [5, 5.41) is 10.3. The minimum Gasteiger partial charge on any atom is -0.505 e. The van der Waals surface area contributed by atoms with E-state index >= 15 is 0 Å². The van der Waals surface area contributed by atoms with Gasteiger partial charge >= 0.3 is 0 Å². The summed E-state index contributed by atoms with van der Waals surface area (Å²) in [6.45, 7) is 0.924. The lowest BCUT2D eigenvalue weighted by Crippen LogP contribution is -1.96. The minimum absolute atomic E-state index is 0.348.